The van der Waals surface area contributed by atoms with Crippen LogP contribution in [-0.4, -0.2) is 64.2 Å². The Hall–Kier alpha value is -0.610. The predicted octanol–water partition coefficient (Wildman–Crippen LogP) is 9.51. The molecule has 0 aliphatic heterocycles. The number of carbonyl (C=O) groups excluding carboxylic acids is 1. The molecule has 2 atom stereocenters. The van der Waals surface area contributed by atoms with E-state index in [1.165, 1.54) is 161 Å². The minimum Gasteiger partial charge on any atom is -0.469 e. The summed E-state index contributed by atoms with van der Waals surface area (Å²) in [6.07, 6.45) is 33.0. The van der Waals surface area contributed by atoms with E-state index in [1.807, 2.05) is 0 Å². The van der Waals surface area contributed by atoms with Crippen LogP contribution in [0.15, 0.2) is 0 Å². The highest BCUT2D eigenvalue weighted by atomic mass is 16.5. The molecule has 0 amide bonds. The first kappa shape index (κ1) is 36.4. The van der Waals surface area contributed by atoms with Gasteiger partial charge in [-0.2, -0.15) is 0 Å². The Bertz CT molecular complexity index is 541. The molecule has 0 saturated heterocycles. The lowest BCUT2D eigenvalue weighted by Crippen LogP contribution is -2.30. The number of unbranched alkanes of at least 4 members (excludes halogenated alkanes) is 17. The summed E-state index contributed by atoms with van der Waals surface area (Å²) >= 11 is 0. The van der Waals surface area contributed by atoms with Crippen molar-refractivity contribution in [2.45, 2.75) is 154 Å². The molecule has 232 valence electrons. The molecule has 1 saturated carbocycles. The van der Waals surface area contributed by atoms with E-state index in [0.717, 1.165) is 24.2 Å². The fourth-order valence-corrected chi connectivity index (χ4v) is 6.56. The van der Waals surface area contributed by atoms with Crippen molar-refractivity contribution < 1.29 is 9.53 Å². The SMILES string of the molecule is COC(=O)CCCCCCCC1CC1CCCCCCCCCCCCCCCCC(CN(C)C)CN(C)C. The summed E-state index contributed by atoms with van der Waals surface area (Å²) in [6.45, 7) is 2.45. The van der Waals surface area contributed by atoms with Gasteiger partial charge in [-0.1, -0.05) is 128 Å². The quantitative estimate of drug-likeness (QED) is 0.0685. The average molecular weight is 551 g/mol. The van der Waals surface area contributed by atoms with Crippen LogP contribution in [0.4, 0.5) is 0 Å². The van der Waals surface area contributed by atoms with Gasteiger partial charge in [0.05, 0.1) is 7.11 Å². The van der Waals surface area contributed by atoms with E-state index < -0.39 is 0 Å². The van der Waals surface area contributed by atoms with E-state index in [9.17, 15) is 4.79 Å². The Kier molecular flexibility index (Phi) is 23.5. The number of carbonyl (C=O) groups is 1. The maximum atomic E-state index is 11.1. The molecule has 0 aromatic heterocycles. The molecule has 0 aromatic carbocycles. The van der Waals surface area contributed by atoms with Crippen molar-refractivity contribution in [1.29, 1.82) is 0 Å². The van der Waals surface area contributed by atoms with Gasteiger partial charge in [0.15, 0.2) is 0 Å². The summed E-state index contributed by atoms with van der Waals surface area (Å²) in [6, 6.07) is 0. The largest absolute Gasteiger partial charge is 0.469 e. The second-order valence-electron chi connectivity index (χ2n) is 13.6. The molecule has 1 aliphatic carbocycles. The second-order valence-corrected chi connectivity index (χ2v) is 13.6. The molecule has 39 heavy (non-hydrogen) atoms. The predicted molar refractivity (Wildman–Crippen MR) is 170 cm³/mol. The summed E-state index contributed by atoms with van der Waals surface area (Å²) in [7, 11) is 10.3. The monoisotopic (exact) mass is 551 g/mol. The van der Waals surface area contributed by atoms with Crippen molar-refractivity contribution in [3.8, 4) is 0 Å². The standard InChI is InChI=1S/C35H70N2O2/c1-36(2)30-32(31-37(3)4)25-21-17-14-12-10-8-6-7-9-11-13-15-18-22-26-33-29-34(33)27-23-19-16-20-24-28-35(38)39-5/h32-34H,6-31H2,1-5H3. The summed E-state index contributed by atoms with van der Waals surface area (Å²) in [5.41, 5.74) is 0. The zero-order valence-electron chi connectivity index (χ0n) is 27.3. The first-order valence-corrected chi connectivity index (χ1v) is 17.3. The van der Waals surface area contributed by atoms with Gasteiger partial charge in [-0.25, -0.2) is 0 Å². The van der Waals surface area contributed by atoms with Gasteiger partial charge in [0.1, 0.15) is 0 Å². The number of esters is 1. The van der Waals surface area contributed by atoms with Crippen LogP contribution < -0.4 is 0 Å². The van der Waals surface area contributed by atoms with Crippen molar-refractivity contribution in [2.24, 2.45) is 17.8 Å². The van der Waals surface area contributed by atoms with E-state index in [-0.39, 0.29) is 5.97 Å². The van der Waals surface area contributed by atoms with Gasteiger partial charge in [-0.3, -0.25) is 4.79 Å². The number of ether oxygens (including phenoxy) is 1. The smallest absolute Gasteiger partial charge is 0.305 e. The van der Waals surface area contributed by atoms with Crippen LogP contribution in [0.3, 0.4) is 0 Å². The van der Waals surface area contributed by atoms with Crippen molar-refractivity contribution in [3.63, 3.8) is 0 Å². The fourth-order valence-electron chi connectivity index (χ4n) is 6.56. The van der Waals surface area contributed by atoms with Gasteiger partial charge < -0.3 is 14.5 Å². The minimum atomic E-state index is -0.0568. The third kappa shape index (κ3) is 23.8. The van der Waals surface area contributed by atoms with Crippen molar-refractivity contribution in [3.05, 3.63) is 0 Å². The Labute approximate surface area is 245 Å². The third-order valence-electron chi connectivity index (χ3n) is 8.94. The van der Waals surface area contributed by atoms with Gasteiger partial charge in [0, 0.05) is 19.5 Å². The van der Waals surface area contributed by atoms with Crippen LogP contribution in [0, 0.1) is 17.8 Å². The Balaban J connectivity index is 1.75. The highest BCUT2D eigenvalue weighted by Gasteiger charge is 2.34. The van der Waals surface area contributed by atoms with E-state index in [2.05, 4.69) is 38.0 Å². The van der Waals surface area contributed by atoms with Gasteiger partial charge in [0.25, 0.3) is 0 Å². The van der Waals surface area contributed by atoms with Crippen LogP contribution in [0.5, 0.6) is 0 Å². The topological polar surface area (TPSA) is 32.8 Å². The Morgan fingerprint density at radius 3 is 1.33 bits per heavy atom. The molecule has 0 heterocycles. The van der Waals surface area contributed by atoms with Crippen LogP contribution in [0.2, 0.25) is 0 Å². The molecule has 4 heteroatoms. The lowest BCUT2D eigenvalue weighted by atomic mass is 9.99. The Morgan fingerprint density at radius 2 is 0.949 bits per heavy atom. The molecule has 0 spiro atoms. The molecule has 2 unspecified atom stereocenters. The zero-order chi connectivity index (χ0) is 28.6. The summed E-state index contributed by atoms with van der Waals surface area (Å²) in [5, 5.41) is 0. The molecule has 0 N–H and O–H groups in total. The summed E-state index contributed by atoms with van der Waals surface area (Å²) in [5.74, 6) is 2.88. The molecule has 0 bridgehead atoms. The summed E-state index contributed by atoms with van der Waals surface area (Å²) < 4.78 is 4.70. The number of rotatable bonds is 29. The lowest BCUT2D eigenvalue weighted by Gasteiger charge is -2.24. The fraction of sp³-hybridized carbons (Fsp3) is 0.971. The van der Waals surface area contributed by atoms with E-state index >= 15 is 0 Å². The maximum absolute atomic E-state index is 11.1. The normalized spacial score (nSPS) is 17.0. The van der Waals surface area contributed by atoms with Crippen molar-refractivity contribution >= 4 is 5.97 Å². The van der Waals surface area contributed by atoms with E-state index in [1.54, 1.807) is 0 Å². The average Bonchev–Trinajstić information content (AvgIpc) is 3.64. The highest BCUT2D eigenvalue weighted by molar-refractivity contribution is 5.68. The van der Waals surface area contributed by atoms with Gasteiger partial charge in [0.2, 0.25) is 0 Å². The number of hydrogen-bond acceptors (Lipinski definition) is 4. The highest BCUT2D eigenvalue weighted by Crippen LogP contribution is 2.45. The molecule has 0 radical (unpaired) electrons. The molecular formula is C35H70N2O2. The van der Waals surface area contributed by atoms with Crippen LogP contribution >= 0.6 is 0 Å². The van der Waals surface area contributed by atoms with Gasteiger partial charge in [-0.15, -0.1) is 0 Å². The summed E-state index contributed by atoms with van der Waals surface area (Å²) in [4.78, 5) is 15.8. The number of nitrogens with zero attached hydrogens (tertiary/aromatic N) is 2. The van der Waals surface area contributed by atoms with Crippen LogP contribution in [-0.2, 0) is 9.53 Å². The molecule has 1 aliphatic rings. The molecule has 0 aromatic rings. The van der Waals surface area contributed by atoms with Crippen molar-refractivity contribution in [2.75, 3.05) is 48.4 Å². The number of hydrogen-bond donors (Lipinski definition) is 0. The first-order valence-electron chi connectivity index (χ1n) is 17.3. The van der Waals surface area contributed by atoms with Crippen LogP contribution in [0.25, 0.3) is 0 Å². The number of methoxy groups -OCH3 is 1. The van der Waals surface area contributed by atoms with E-state index in [4.69, 9.17) is 4.74 Å². The van der Waals surface area contributed by atoms with Crippen molar-refractivity contribution in [1.82, 2.24) is 9.80 Å². The maximum Gasteiger partial charge on any atom is 0.305 e. The molecule has 1 fully saturated rings. The molecule has 1 rings (SSSR count). The molecular weight excluding hydrogens is 480 g/mol. The Morgan fingerprint density at radius 1 is 0.590 bits per heavy atom. The van der Waals surface area contributed by atoms with Gasteiger partial charge in [-0.05, 0) is 65.2 Å². The molecule has 4 nitrogen and oxygen atoms in total. The zero-order valence-corrected chi connectivity index (χ0v) is 27.3. The first-order chi connectivity index (χ1) is 18.9. The lowest BCUT2D eigenvalue weighted by molar-refractivity contribution is -0.140. The third-order valence-corrected chi connectivity index (χ3v) is 8.94. The van der Waals surface area contributed by atoms with Gasteiger partial charge >= 0.3 is 5.97 Å². The second kappa shape index (κ2) is 25.1. The minimum absolute atomic E-state index is 0.0568. The van der Waals surface area contributed by atoms with Crippen LogP contribution in [0.1, 0.15) is 154 Å². The van der Waals surface area contributed by atoms with E-state index in [0.29, 0.717) is 6.42 Å².